The fourth-order valence-electron chi connectivity index (χ4n) is 3.49. The van der Waals surface area contributed by atoms with Crippen LogP contribution in [0.2, 0.25) is 0 Å². The van der Waals surface area contributed by atoms with Crippen LogP contribution in [-0.4, -0.2) is 62.2 Å². The topological polar surface area (TPSA) is 18.5 Å². The van der Waals surface area contributed by atoms with Gasteiger partial charge >= 0.3 is 0 Å². The molecule has 2 fully saturated rings. The monoisotopic (exact) mass is 267 g/mol. The van der Waals surface area contributed by atoms with Crippen molar-refractivity contribution in [3.05, 3.63) is 0 Å². The van der Waals surface area contributed by atoms with Gasteiger partial charge in [0.1, 0.15) is 0 Å². The van der Waals surface area contributed by atoms with Gasteiger partial charge in [0.25, 0.3) is 0 Å². The van der Waals surface area contributed by atoms with Gasteiger partial charge in [0, 0.05) is 45.3 Å². The molecule has 0 aromatic rings. The first-order chi connectivity index (χ1) is 9.15. The predicted octanol–water partition coefficient (Wildman–Crippen LogP) is 2.04. The summed E-state index contributed by atoms with van der Waals surface area (Å²) in [7, 11) is 2.22. The summed E-state index contributed by atoms with van der Waals surface area (Å²) in [5.74, 6) is 1.86. The molecule has 2 aliphatic rings. The molecule has 0 amide bonds. The predicted molar refractivity (Wildman–Crippen MR) is 82.5 cm³/mol. The normalized spacial score (nSPS) is 30.9. The fourth-order valence-corrected chi connectivity index (χ4v) is 3.49. The van der Waals surface area contributed by atoms with E-state index in [0.717, 1.165) is 17.9 Å². The maximum atomic E-state index is 3.78. The highest BCUT2D eigenvalue weighted by atomic mass is 15.2. The van der Waals surface area contributed by atoms with Crippen molar-refractivity contribution in [3.8, 4) is 0 Å². The average molecular weight is 267 g/mol. The molecule has 3 nitrogen and oxygen atoms in total. The minimum absolute atomic E-state index is 0.794. The lowest BCUT2D eigenvalue weighted by atomic mass is 9.80. The van der Waals surface area contributed by atoms with Crippen molar-refractivity contribution in [1.82, 2.24) is 15.1 Å². The van der Waals surface area contributed by atoms with Gasteiger partial charge in [-0.15, -0.1) is 0 Å². The van der Waals surface area contributed by atoms with E-state index in [1.165, 1.54) is 65.0 Å². The summed E-state index contributed by atoms with van der Waals surface area (Å²) in [4.78, 5) is 5.03. The Hall–Kier alpha value is -0.120. The Morgan fingerprint density at radius 1 is 1.00 bits per heavy atom. The molecule has 1 saturated heterocycles. The molecule has 0 spiro atoms. The van der Waals surface area contributed by atoms with Crippen LogP contribution in [-0.2, 0) is 0 Å². The van der Waals surface area contributed by atoms with Crippen molar-refractivity contribution in [2.75, 3.05) is 46.3 Å². The largest absolute Gasteiger partial charge is 0.313 e. The van der Waals surface area contributed by atoms with Gasteiger partial charge in [-0.05, 0) is 44.6 Å². The molecule has 0 bridgehead atoms. The van der Waals surface area contributed by atoms with Crippen LogP contribution in [0.15, 0.2) is 0 Å². The second-order valence-corrected chi connectivity index (χ2v) is 6.95. The Balaban J connectivity index is 1.54. The summed E-state index contributed by atoms with van der Waals surface area (Å²) in [5.41, 5.74) is 0. The molecule has 0 aromatic carbocycles. The average Bonchev–Trinajstić information content (AvgIpc) is 2.41. The zero-order valence-corrected chi connectivity index (χ0v) is 13.2. The maximum absolute atomic E-state index is 3.78. The van der Waals surface area contributed by atoms with Gasteiger partial charge < -0.3 is 10.2 Å². The molecule has 1 saturated carbocycles. The van der Waals surface area contributed by atoms with Gasteiger partial charge in [-0.1, -0.05) is 13.8 Å². The highest BCUT2D eigenvalue weighted by Crippen LogP contribution is 2.29. The number of nitrogens with zero attached hydrogens (tertiary/aromatic N) is 2. The van der Waals surface area contributed by atoms with Crippen molar-refractivity contribution >= 4 is 0 Å². The van der Waals surface area contributed by atoms with E-state index in [0.29, 0.717) is 0 Å². The molecule has 1 N–H and O–H groups in total. The van der Waals surface area contributed by atoms with Gasteiger partial charge in [0.15, 0.2) is 0 Å². The summed E-state index contributed by atoms with van der Waals surface area (Å²) in [6.45, 7) is 12.1. The summed E-state index contributed by atoms with van der Waals surface area (Å²) < 4.78 is 0. The van der Waals surface area contributed by atoms with E-state index in [-0.39, 0.29) is 0 Å². The third-order valence-corrected chi connectivity index (χ3v) is 5.17. The maximum Gasteiger partial charge on any atom is 0.0110 e. The van der Waals surface area contributed by atoms with Crippen LogP contribution in [0, 0.1) is 11.8 Å². The molecule has 0 unspecified atom stereocenters. The van der Waals surface area contributed by atoms with Crippen LogP contribution in [0.5, 0.6) is 0 Å². The van der Waals surface area contributed by atoms with Crippen LogP contribution < -0.4 is 5.32 Å². The van der Waals surface area contributed by atoms with E-state index in [4.69, 9.17) is 0 Å². The molecule has 1 heterocycles. The van der Waals surface area contributed by atoms with Crippen LogP contribution in [0.4, 0.5) is 0 Å². The van der Waals surface area contributed by atoms with Crippen LogP contribution in [0.3, 0.4) is 0 Å². The number of piperazine rings is 1. The van der Waals surface area contributed by atoms with Gasteiger partial charge in [-0.3, -0.25) is 4.90 Å². The first kappa shape index (κ1) is 15.3. The summed E-state index contributed by atoms with van der Waals surface area (Å²) >= 11 is 0. The fraction of sp³-hybridized carbons (Fsp3) is 1.00. The number of hydrogen-bond acceptors (Lipinski definition) is 3. The van der Waals surface area contributed by atoms with Crippen LogP contribution in [0.25, 0.3) is 0 Å². The minimum Gasteiger partial charge on any atom is -0.313 e. The van der Waals surface area contributed by atoms with Gasteiger partial charge in [-0.25, -0.2) is 0 Å². The van der Waals surface area contributed by atoms with E-state index < -0.39 is 0 Å². The van der Waals surface area contributed by atoms with E-state index in [1.54, 1.807) is 0 Å². The molecule has 1 aliphatic carbocycles. The second-order valence-electron chi connectivity index (χ2n) is 6.95. The van der Waals surface area contributed by atoms with Crippen molar-refractivity contribution < 1.29 is 0 Å². The molecule has 2 rings (SSSR count). The van der Waals surface area contributed by atoms with Crippen LogP contribution >= 0.6 is 0 Å². The van der Waals surface area contributed by atoms with Crippen molar-refractivity contribution in [2.24, 2.45) is 11.8 Å². The van der Waals surface area contributed by atoms with Crippen LogP contribution in [0.1, 0.15) is 39.5 Å². The molecular weight excluding hydrogens is 234 g/mol. The Kier molecular flexibility index (Phi) is 6.11. The Morgan fingerprint density at radius 2 is 1.63 bits per heavy atom. The lowest BCUT2D eigenvalue weighted by Crippen LogP contribution is -2.47. The third kappa shape index (κ3) is 5.05. The minimum atomic E-state index is 0.794. The smallest absolute Gasteiger partial charge is 0.0110 e. The Bertz CT molecular complexity index is 238. The quantitative estimate of drug-likeness (QED) is 0.822. The first-order valence-electron chi connectivity index (χ1n) is 8.29. The molecule has 0 aromatic heterocycles. The Labute approximate surface area is 119 Å². The molecule has 112 valence electrons. The number of likely N-dealkylation sites (N-methyl/N-ethyl adjacent to an activating group) is 1. The van der Waals surface area contributed by atoms with Crippen molar-refractivity contribution in [1.29, 1.82) is 0 Å². The lowest BCUT2D eigenvalue weighted by Gasteiger charge is -2.34. The lowest BCUT2D eigenvalue weighted by molar-refractivity contribution is 0.151. The van der Waals surface area contributed by atoms with Crippen molar-refractivity contribution in [2.45, 2.75) is 45.6 Å². The molecule has 3 heteroatoms. The standard InChI is InChI=1S/C16H33N3/c1-14(2)15-4-6-16(7-5-15)17-8-9-19-12-10-18(3)11-13-19/h14-17H,4-13H2,1-3H3. The summed E-state index contributed by atoms with van der Waals surface area (Å²) in [5, 5.41) is 3.78. The van der Waals surface area contributed by atoms with Crippen molar-refractivity contribution in [3.63, 3.8) is 0 Å². The van der Waals surface area contributed by atoms with Gasteiger partial charge in [0.05, 0.1) is 0 Å². The number of rotatable bonds is 5. The highest BCUT2D eigenvalue weighted by molar-refractivity contribution is 4.79. The zero-order valence-electron chi connectivity index (χ0n) is 13.2. The molecule has 0 radical (unpaired) electrons. The highest BCUT2D eigenvalue weighted by Gasteiger charge is 2.22. The Morgan fingerprint density at radius 3 is 2.21 bits per heavy atom. The SMILES string of the molecule is CC(C)C1CCC(NCCN2CCN(C)CC2)CC1. The number of nitrogens with one attached hydrogen (secondary N) is 1. The van der Waals surface area contributed by atoms with Gasteiger partial charge in [-0.2, -0.15) is 0 Å². The van der Waals surface area contributed by atoms with E-state index in [1.807, 2.05) is 0 Å². The summed E-state index contributed by atoms with van der Waals surface area (Å²) in [6.07, 6.45) is 5.66. The third-order valence-electron chi connectivity index (χ3n) is 5.17. The first-order valence-corrected chi connectivity index (χ1v) is 8.29. The van der Waals surface area contributed by atoms with E-state index in [9.17, 15) is 0 Å². The molecule has 0 atom stereocenters. The zero-order chi connectivity index (χ0) is 13.7. The summed E-state index contributed by atoms with van der Waals surface area (Å²) in [6, 6.07) is 0.794. The molecule has 1 aliphatic heterocycles. The van der Waals surface area contributed by atoms with E-state index in [2.05, 4.69) is 36.0 Å². The van der Waals surface area contributed by atoms with Gasteiger partial charge in [0.2, 0.25) is 0 Å². The van der Waals surface area contributed by atoms with E-state index >= 15 is 0 Å². The second kappa shape index (κ2) is 7.61. The number of hydrogen-bond donors (Lipinski definition) is 1. The molecular formula is C16H33N3. The molecule has 19 heavy (non-hydrogen) atoms.